The second-order valence-electron chi connectivity index (χ2n) is 8.23. The number of fused-ring (bicyclic) bond motifs is 1. The summed E-state index contributed by atoms with van der Waals surface area (Å²) in [5, 5.41) is 7.84. The van der Waals surface area contributed by atoms with Gasteiger partial charge in [-0.05, 0) is 30.9 Å². The average Bonchev–Trinajstić information content (AvgIpc) is 3.31. The third-order valence-corrected chi connectivity index (χ3v) is 7.13. The van der Waals surface area contributed by atoms with Crippen molar-refractivity contribution >= 4 is 21.7 Å². The summed E-state index contributed by atoms with van der Waals surface area (Å²) in [6, 6.07) is 7.70. The molecular formula is C22H34N6O2S. The molecule has 9 heteroatoms. The van der Waals surface area contributed by atoms with Crippen molar-refractivity contribution in [1.29, 1.82) is 0 Å². The standard InChI is InChI=1S/C22H34N6O2S/c1-6-23-22(26(4)15-19-16-27(5)25-21(19)17(2)3)24-12-14-31(29,30)28-13-11-18-9-7-8-10-20(18)28/h7-10,16-17H,6,11-15H2,1-5H3,(H,23,24). The maximum Gasteiger partial charge on any atom is 0.237 e. The summed E-state index contributed by atoms with van der Waals surface area (Å²) in [6.45, 7) is 8.34. The topological polar surface area (TPSA) is 82.8 Å². The Bertz CT molecular complexity index is 1030. The highest BCUT2D eigenvalue weighted by molar-refractivity contribution is 7.92. The molecule has 1 aliphatic heterocycles. The first-order valence-electron chi connectivity index (χ1n) is 10.8. The van der Waals surface area contributed by atoms with E-state index in [1.54, 1.807) is 0 Å². The van der Waals surface area contributed by atoms with Gasteiger partial charge in [-0.1, -0.05) is 32.0 Å². The van der Waals surface area contributed by atoms with Crippen molar-refractivity contribution in [2.24, 2.45) is 12.0 Å². The van der Waals surface area contributed by atoms with E-state index >= 15 is 0 Å². The van der Waals surface area contributed by atoms with Crippen LogP contribution in [0.2, 0.25) is 0 Å². The van der Waals surface area contributed by atoms with Crippen LogP contribution in [0.4, 0.5) is 5.69 Å². The molecule has 0 fully saturated rings. The Balaban J connectivity index is 1.68. The molecule has 0 spiro atoms. The summed E-state index contributed by atoms with van der Waals surface area (Å²) in [6.07, 6.45) is 2.79. The summed E-state index contributed by atoms with van der Waals surface area (Å²) >= 11 is 0. The van der Waals surface area contributed by atoms with E-state index in [1.807, 2.05) is 61.1 Å². The second-order valence-corrected chi connectivity index (χ2v) is 10.2. The Morgan fingerprint density at radius 2 is 2.06 bits per heavy atom. The number of nitrogens with zero attached hydrogens (tertiary/aromatic N) is 5. The zero-order valence-electron chi connectivity index (χ0n) is 19.2. The number of rotatable bonds is 8. The van der Waals surface area contributed by atoms with Crippen LogP contribution in [0, 0.1) is 0 Å². The molecule has 31 heavy (non-hydrogen) atoms. The van der Waals surface area contributed by atoms with Crippen LogP contribution in [0.1, 0.15) is 43.5 Å². The molecule has 0 saturated carbocycles. The third kappa shape index (κ3) is 5.39. The number of para-hydroxylation sites is 1. The van der Waals surface area contributed by atoms with Crippen molar-refractivity contribution in [1.82, 2.24) is 20.0 Å². The molecule has 170 valence electrons. The smallest absolute Gasteiger partial charge is 0.237 e. The van der Waals surface area contributed by atoms with Crippen LogP contribution in [0.25, 0.3) is 0 Å². The Labute approximate surface area is 186 Å². The lowest BCUT2D eigenvalue weighted by atomic mass is 10.1. The highest BCUT2D eigenvalue weighted by Crippen LogP contribution is 2.29. The fourth-order valence-electron chi connectivity index (χ4n) is 3.94. The molecule has 1 aromatic carbocycles. The Morgan fingerprint density at radius 3 is 2.77 bits per heavy atom. The van der Waals surface area contributed by atoms with Gasteiger partial charge in [0.25, 0.3) is 0 Å². The number of sulfonamides is 1. The first kappa shape index (κ1) is 23.1. The van der Waals surface area contributed by atoms with Crippen LogP contribution in [-0.4, -0.2) is 61.5 Å². The van der Waals surface area contributed by atoms with Crippen molar-refractivity contribution in [3.63, 3.8) is 0 Å². The normalized spacial score (nSPS) is 14.3. The molecule has 3 rings (SSSR count). The zero-order valence-corrected chi connectivity index (χ0v) is 20.0. The first-order chi connectivity index (χ1) is 14.7. The molecule has 0 saturated heterocycles. The fourth-order valence-corrected chi connectivity index (χ4v) is 5.33. The van der Waals surface area contributed by atoms with Crippen LogP contribution in [0.5, 0.6) is 0 Å². The van der Waals surface area contributed by atoms with Crippen LogP contribution in [-0.2, 0) is 30.0 Å². The molecule has 0 unspecified atom stereocenters. The van der Waals surface area contributed by atoms with Crippen molar-refractivity contribution in [2.75, 3.05) is 36.7 Å². The molecule has 2 heterocycles. The molecule has 0 atom stereocenters. The Morgan fingerprint density at radius 1 is 1.32 bits per heavy atom. The zero-order chi connectivity index (χ0) is 22.6. The van der Waals surface area contributed by atoms with Gasteiger partial charge >= 0.3 is 0 Å². The highest BCUT2D eigenvalue weighted by Gasteiger charge is 2.28. The van der Waals surface area contributed by atoms with Gasteiger partial charge in [0.15, 0.2) is 5.96 Å². The number of aliphatic imine (C=N–C) groups is 1. The van der Waals surface area contributed by atoms with E-state index in [9.17, 15) is 8.42 Å². The third-order valence-electron chi connectivity index (χ3n) is 5.38. The van der Waals surface area contributed by atoms with E-state index in [0.717, 1.165) is 28.9 Å². The largest absolute Gasteiger partial charge is 0.357 e. The van der Waals surface area contributed by atoms with E-state index in [-0.39, 0.29) is 12.3 Å². The van der Waals surface area contributed by atoms with Gasteiger partial charge in [0.2, 0.25) is 10.0 Å². The minimum absolute atomic E-state index is 0.0196. The van der Waals surface area contributed by atoms with Crippen LogP contribution >= 0.6 is 0 Å². The molecule has 8 nitrogen and oxygen atoms in total. The van der Waals surface area contributed by atoms with Gasteiger partial charge in [-0.3, -0.25) is 14.0 Å². The Hall–Kier alpha value is -2.55. The van der Waals surface area contributed by atoms with Gasteiger partial charge in [0.1, 0.15) is 0 Å². The summed E-state index contributed by atoms with van der Waals surface area (Å²) in [4.78, 5) is 6.62. The number of hydrogen-bond donors (Lipinski definition) is 1. The molecule has 0 aliphatic carbocycles. The monoisotopic (exact) mass is 446 g/mol. The molecule has 1 aromatic heterocycles. The van der Waals surface area contributed by atoms with Crippen LogP contribution in [0.15, 0.2) is 35.5 Å². The predicted octanol–water partition coefficient (Wildman–Crippen LogP) is 2.33. The maximum absolute atomic E-state index is 12.9. The van der Waals surface area contributed by atoms with Gasteiger partial charge in [-0.2, -0.15) is 5.10 Å². The molecule has 0 radical (unpaired) electrons. The van der Waals surface area contributed by atoms with Crippen molar-refractivity contribution in [3.8, 4) is 0 Å². The van der Waals surface area contributed by atoms with E-state index in [1.165, 1.54) is 4.31 Å². The maximum atomic E-state index is 12.9. The quantitative estimate of drug-likeness (QED) is 0.497. The van der Waals surface area contributed by atoms with Crippen LogP contribution in [0.3, 0.4) is 0 Å². The number of anilines is 1. The first-order valence-corrected chi connectivity index (χ1v) is 12.4. The van der Waals surface area contributed by atoms with E-state index < -0.39 is 10.0 Å². The van der Waals surface area contributed by atoms with Gasteiger partial charge in [-0.25, -0.2) is 8.42 Å². The lowest BCUT2D eigenvalue weighted by Crippen LogP contribution is -2.39. The molecule has 0 amide bonds. The summed E-state index contributed by atoms with van der Waals surface area (Å²) in [5.74, 6) is 1.00. The second kappa shape index (κ2) is 9.72. The SMILES string of the molecule is CCNC(=NCCS(=O)(=O)N1CCc2ccccc21)N(C)Cc1cn(C)nc1C(C)C. The number of nitrogens with one attached hydrogen (secondary N) is 1. The van der Waals surface area contributed by atoms with E-state index in [4.69, 9.17) is 0 Å². The molecule has 2 aromatic rings. The summed E-state index contributed by atoms with van der Waals surface area (Å²) in [7, 11) is 0.472. The van der Waals surface area contributed by atoms with Crippen molar-refractivity contribution < 1.29 is 8.42 Å². The van der Waals surface area contributed by atoms with E-state index in [2.05, 4.69) is 29.3 Å². The van der Waals surface area contributed by atoms with Gasteiger partial charge in [-0.15, -0.1) is 0 Å². The molecule has 1 N–H and O–H groups in total. The van der Waals surface area contributed by atoms with Gasteiger partial charge < -0.3 is 10.2 Å². The minimum atomic E-state index is -3.42. The highest BCUT2D eigenvalue weighted by atomic mass is 32.2. The number of guanidine groups is 1. The van der Waals surface area contributed by atoms with Crippen molar-refractivity contribution in [2.45, 2.75) is 39.7 Å². The van der Waals surface area contributed by atoms with Crippen LogP contribution < -0.4 is 9.62 Å². The lowest BCUT2D eigenvalue weighted by Gasteiger charge is -2.23. The minimum Gasteiger partial charge on any atom is -0.357 e. The lowest BCUT2D eigenvalue weighted by molar-refractivity contribution is 0.474. The molecular weight excluding hydrogens is 412 g/mol. The van der Waals surface area contributed by atoms with Crippen molar-refractivity contribution in [3.05, 3.63) is 47.3 Å². The average molecular weight is 447 g/mol. The van der Waals surface area contributed by atoms with Gasteiger partial charge in [0, 0.05) is 45.5 Å². The van der Waals surface area contributed by atoms with Gasteiger partial charge in [0.05, 0.1) is 23.7 Å². The Kier molecular flexibility index (Phi) is 7.25. The molecule has 0 bridgehead atoms. The number of aromatic nitrogens is 2. The molecule has 1 aliphatic rings. The number of aryl methyl sites for hydroxylation is 1. The summed E-state index contributed by atoms with van der Waals surface area (Å²) in [5.41, 5.74) is 4.10. The summed E-state index contributed by atoms with van der Waals surface area (Å²) < 4.78 is 29.2. The number of benzene rings is 1. The predicted molar refractivity (Wildman–Crippen MR) is 126 cm³/mol. The number of hydrogen-bond acceptors (Lipinski definition) is 4. The van der Waals surface area contributed by atoms with E-state index in [0.29, 0.717) is 31.5 Å². The fraction of sp³-hybridized carbons (Fsp3) is 0.545.